The van der Waals surface area contributed by atoms with E-state index in [1.807, 2.05) is 13.2 Å². The molecule has 1 aromatic rings. The maximum absolute atomic E-state index is 5.40. The summed E-state index contributed by atoms with van der Waals surface area (Å²) < 4.78 is 7.53. The molecule has 2 heterocycles. The van der Waals surface area contributed by atoms with Gasteiger partial charge in [-0.2, -0.15) is 5.10 Å². The highest BCUT2D eigenvalue weighted by molar-refractivity contribution is 5.08. The lowest BCUT2D eigenvalue weighted by atomic mass is 10.1. The smallest absolute Gasteiger partial charge is 0.0777 e. The van der Waals surface area contributed by atoms with Crippen LogP contribution in [0.25, 0.3) is 0 Å². The Hall–Kier alpha value is -0.870. The first-order valence-corrected chi connectivity index (χ1v) is 5.58. The van der Waals surface area contributed by atoms with Gasteiger partial charge in [-0.3, -0.25) is 4.68 Å². The summed E-state index contributed by atoms with van der Waals surface area (Å²) >= 11 is 0. The van der Waals surface area contributed by atoms with Gasteiger partial charge in [-0.25, -0.2) is 0 Å². The molecule has 1 aliphatic rings. The van der Waals surface area contributed by atoms with Crippen LogP contribution in [0.3, 0.4) is 0 Å². The molecule has 1 fully saturated rings. The average molecular weight is 209 g/mol. The minimum absolute atomic E-state index is 0.439. The van der Waals surface area contributed by atoms with Crippen molar-refractivity contribution < 1.29 is 4.74 Å². The van der Waals surface area contributed by atoms with Gasteiger partial charge in [-0.05, 0) is 19.5 Å². The van der Waals surface area contributed by atoms with Gasteiger partial charge in [0.2, 0.25) is 0 Å². The predicted octanol–water partition coefficient (Wildman–Crippen LogP) is 1.17. The van der Waals surface area contributed by atoms with Crippen LogP contribution in [0.5, 0.6) is 0 Å². The fourth-order valence-corrected chi connectivity index (χ4v) is 2.15. The van der Waals surface area contributed by atoms with Gasteiger partial charge < -0.3 is 10.1 Å². The number of aromatic nitrogens is 2. The largest absolute Gasteiger partial charge is 0.379 e. The Morgan fingerprint density at radius 1 is 1.73 bits per heavy atom. The molecule has 0 aromatic carbocycles. The minimum atomic E-state index is 0.439. The van der Waals surface area contributed by atoms with Crippen molar-refractivity contribution in [1.29, 1.82) is 0 Å². The van der Waals surface area contributed by atoms with Gasteiger partial charge in [0.1, 0.15) is 0 Å². The summed E-state index contributed by atoms with van der Waals surface area (Å²) in [6.45, 7) is 4.88. The van der Waals surface area contributed by atoms with E-state index in [1.54, 1.807) is 0 Å². The van der Waals surface area contributed by atoms with Gasteiger partial charge in [-0.1, -0.05) is 6.92 Å². The van der Waals surface area contributed by atoms with E-state index in [2.05, 4.69) is 28.1 Å². The first-order valence-electron chi connectivity index (χ1n) is 5.58. The van der Waals surface area contributed by atoms with Crippen LogP contribution in [0.2, 0.25) is 0 Å². The molecule has 0 bridgehead atoms. The fourth-order valence-electron chi connectivity index (χ4n) is 2.15. The summed E-state index contributed by atoms with van der Waals surface area (Å²) in [7, 11) is 1.98. The maximum atomic E-state index is 5.40. The molecular formula is C11H19N3O. The molecule has 4 nitrogen and oxygen atoms in total. The lowest BCUT2D eigenvalue weighted by Gasteiger charge is -2.17. The molecule has 0 aliphatic carbocycles. The van der Waals surface area contributed by atoms with Crippen molar-refractivity contribution in [3.63, 3.8) is 0 Å². The Bertz CT molecular complexity index is 305. The van der Waals surface area contributed by atoms with Crippen molar-refractivity contribution in [2.45, 2.75) is 25.3 Å². The molecule has 15 heavy (non-hydrogen) atoms. The number of nitrogens with one attached hydrogen (secondary N) is 1. The predicted molar refractivity (Wildman–Crippen MR) is 59.0 cm³/mol. The molecule has 0 amide bonds. The van der Waals surface area contributed by atoms with Crippen molar-refractivity contribution in [2.24, 2.45) is 0 Å². The van der Waals surface area contributed by atoms with E-state index in [4.69, 9.17) is 4.74 Å². The van der Waals surface area contributed by atoms with Crippen molar-refractivity contribution in [2.75, 3.05) is 26.8 Å². The molecule has 1 N–H and O–H groups in total. The summed E-state index contributed by atoms with van der Waals surface area (Å²) in [6, 6.07) is 2.55. The molecule has 0 spiro atoms. The van der Waals surface area contributed by atoms with Crippen LogP contribution < -0.4 is 5.32 Å². The van der Waals surface area contributed by atoms with Crippen LogP contribution >= 0.6 is 0 Å². The van der Waals surface area contributed by atoms with Gasteiger partial charge in [0.25, 0.3) is 0 Å². The second-order valence-electron chi connectivity index (χ2n) is 4.18. The number of hydrogen-bond acceptors (Lipinski definition) is 3. The molecular weight excluding hydrogens is 190 g/mol. The fraction of sp³-hybridized carbons (Fsp3) is 0.727. The zero-order valence-corrected chi connectivity index (χ0v) is 9.44. The number of nitrogens with zero attached hydrogens (tertiary/aromatic N) is 2. The zero-order chi connectivity index (χ0) is 10.7. The lowest BCUT2D eigenvalue weighted by molar-refractivity contribution is 0.183. The topological polar surface area (TPSA) is 39.1 Å². The second kappa shape index (κ2) is 4.77. The SMILES string of the molecule is CNCC(C)c1ccnn1C1CCOC1. The highest BCUT2D eigenvalue weighted by Gasteiger charge is 2.22. The molecule has 2 unspecified atom stereocenters. The third kappa shape index (κ3) is 2.21. The highest BCUT2D eigenvalue weighted by Crippen LogP contribution is 2.23. The molecule has 84 valence electrons. The molecule has 2 rings (SSSR count). The van der Waals surface area contributed by atoms with E-state index in [1.165, 1.54) is 5.69 Å². The van der Waals surface area contributed by atoms with E-state index >= 15 is 0 Å². The molecule has 0 radical (unpaired) electrons. The van der Waals surface area contributed by atoms with Gasteiger partial charge in [0, 0.05) is 31.0 Å². The second-order valence-corrected chi connectivity index (χ2v) is 4.18. The molecule has 1 aliphatic heterocycles. The van der Waals surface area contributed by atoms with Gasteiger partial charge >= 0.3 is 0 Å². The summed E-state index contributed by atoms with van der Waals surface area (Å²) in [4.78, 5) is 0. The summed E-state index contributed by atoms with van der Waals surface area (Å²) in [5.74, 6) is 0.498. The standard InChI is InChI=1S/C11H19N3O/c1-9(7-12-2)11-3-5-13-14(11)10-4-6-15-8-10/h3,5,9-10,12H,4,6-8H2,1-2H3. The molecule has 1 saturated heterocycles. The summed E-state index contributed by atoms with van der Waals surface area (Å²) in [6.07, 6.45) is 2.97. The van der Waals surface area contributed by atoms with Gasteiger partial charge in [0.15, 0.2) is 0 Å². The Morgan fingerprint density at radius 3 is 3.27 bits per heavy atom. The first kappa shape index (κ1) is 10.6. The number of rotatable bonds is 4. The Morgan fingerprint density at radius 2 is 2.60 bits per heavy atom. The zero-order valence-electron chi connectivity index (χ0n) is 9.44. The monoisotopic (exact) mass is 209 g/mol. The number of hydrogen-bond donors (Lipinski definition) is 1. The van der Waals surface area contributed by atoms with E-state index < -0.39 is 0 Å². The van der Waals surface area contributed by atoms with E-state index in [0.29, 0.717) is 12.0 Å². The Kier molecular flexibility index (Phi) is 3.38. The maximum Gasteiger partial charge on any atom is 0.0777 e. The van der Waals surface area contributed by atoms with Crippen LogP contribution in [0.1, 0.15) is 31.0 Å². The van der Waals surface area contributed by atoms with Crippen LogP contribution in [0.15, 0.2) is 12.3 Å². The van der Waals surface area contributed by atoms with Gasteiger partial charge in [-0.15, -0.1) is 0 Å². The van der Waals surface area contributed by atoms with Crippen molar-refractivity contribution in [3.05, 3.63) is 18.0 Å². The lowest BCUT2D eigenvalue weighted by Crippen LogP contribution is -2.20. The van der Waals surface area contributed by atoms with Gasteiger partial charge in [0.05, 0.1) is 12.6 Å². The Balaban J connectivity index is 2.13. The number of ether oxygens (including phenoxy) is 1. The Labute approximate surface area is 90.6 Å². The van der Waals surface area contributed by atoms with Crippen molar-refractivity contribution in [3.8, 4) is 0 Å². The van der Waals surface area contributed by atoms with Crippen LogP contribution in [0, 0.1) is 0 Å². The quantitative estimate of drug-likeness (QED) is 0.809. The first-order chi connectivity index (χ1) is 7.33. The third-order valence-electron chi connectivity index (χ3n) is 2.97. The number of likely N-dealkylation sites (N-methyl/N-ethyl adjacent to an activating group) is 1. The normalized spacial score (nSPS) is 23.2. The van der Waals surface area contributed by atoms with E-state index in [0.717, 1.165) is 26.2 Å². The van der Waals surface area contributed by atoms with E-state index in [9.17, 15) is 0 Å². The third-order valence-corrected chi connectivity index (χ3v) is 2.97. The summed E-state index contributed by atoms with van der Waals surface area (Å²) in [5, 5.41) is 7.61. The van der Waals surface area contributed by atoms with Crippen molar-refractivity contribution in [1.82, 2.24) is 15.1 Å². The molecule has 2 atom stereocenters. The highest BCUT2D eigenvalue weighted by atomic mass is 16.5. The summed E-state index contributed by atoms with van der Waals surface area (Å²) in [5.41, 5.74) is 1.31. The molecule has 0 saturated carbocycles. The van der Waals surface area contributed by atoms with Crippen LogP contribution in [-0.2, 0) is 4.74 Å². The average Bonchev–Trinajstić information content (AvgIpc) is 2.88. The van der Waals surface area contributed by atoms with Crippen LogP contribution in [0.4, 0.5) is 0 Å². The van der Waals surface area contributed by atoms with E-state index in [-0.39, 0.29) is 0 Å². The molecule has 1 aromatic heterocycles. The van der Waals surface area contributed by atoms with Crippen molar-refractivity contribution >= 4 is 0 Å². The molecule has 4 heteroatoms. The van der Waals surface area contributed by atoms with Crippen LogP contribution in [-0.4, -0.2) is 36.6 Å². The minimum Gasteiger partial charge on any atom is -0.379 e.